The minimum absolute atomic E-state index is 0.0875. The van der Waals surface area contributed by atoms with Gasteiger partial charge in [-0.15, -0.1) is 0 Å². The third-order valence-electron chi connectivity index (χ3n) is 5.44. The molecule has 0 bridgehead atoms. The van der Waals surface area contributed by atoms with E-state index < -0.39 is 11.6 Å². The van der Waals surface area contributed by atoms with Crippen molar-refractivity contribution in [2.75, 3.05) is 45.9 Å². The quantitative estimate of drug-likeness (QED) is 0.600. The van der Waals surface area contributed by atoms with E-state index in [-0.39, 0.29) is 17.9 Å². The van der Waals surface area contributed by atoms with Gasteiger partial charge >= 0.3 is 0 Å². The molecule has 1 aromatic rings. The summed E-state index contributed by atoms with van der Waals surface area (Å²) in [6, 6.07) is 3.66. The fourth-order valence-corrected chi connectivity index (χ4v) is 3.76. The zero-order valence-corrected chi connectivity index (χ0v) is 17.2. The summed E-state index contributed by atoms with van der Waals surface area (Å²) >= 11 is 0. The highest BCUT2D eigenvalue weighted by atomic mass is 19.1. The van der Waals surface area contributed by atoms with Gasteiger partial charge in [0.25, 0.3) is 5.91 Å². The number of benzene rings is 1. The number of carbonyl (C=O) groups excluding carboxylic acids is 1. The maximum absolute atomic E-state index is 14.0. The summed E-state index contributed by atoms with van der Waals surface area (Å²) in [5.41, 5.74) is 0.456. The van der Waals surface area contributed by atoms with Crippen LogP contribution in [0.5, 0.6) is 0 Å². The molecule has 0 aromatic heterocycles. The minimum atomic E-state index is -0.578. The highest BCUT2D eigenvalue weighted by Crippen LogP contribution is 2.20. The van der Waals surface area contributed by atoms with Gasteiger partial charge in [0.05, 0.1) is 0 Å². The van der Waals surface area contributed by atoms with Crippen LogP contribution in [0.2, 0.25) is 0 Å². The number of nitrogens with one attached hydrogen (secondary N) is 1. The normalized spacial score (nSPS) is 21.4. The smallest absolute Gasteiger partial charge is 0.251 e. The van der Waals surface area contributed by atoms with Gasteiger partial charge in [-0.25, -0.2) is 8.78 Å². The molecule has 1 amide bonds. The van der Waals surface area contributed by atoms with Gasteiger partial charge in [-0.2, -0.15) is 0 Å². The second kappa shape index (κ2) is 10.0. The Morgan fingerprint density at radius 3 is 2.62 bits per heavy atom. The van der Waals surface area contributed by atoms with E-state index in [0.717, 1.165) is 24.9 Å². The molecular formula is C21H30F2N4O2. The molecule has 0 radical (unpaired) electrons. The first-order chi connectivity index (χ1) is 14.0. The van der Waals surface area contributed by atoms with E-state index in [0.29, 0.717) is 51.4 Å². The van der Waals surface area contributed by atoms with Crippen molar-refractivity contribution < 1.29 is 18.3 Å². The van der Waals surface area contributed by atoms with Crippen LogP contribution >= 0.6 is 0 Å². The fourth-order valence-electron chi connectivity index (χ4n) is 3.76. The van der Waals surface area contributed by atoms with Crippen LogP contribution < -0.4 is 5.32 Å². The Kier molecular flexibility index (Phi) is 7.41. The van der Waals surface area contributed by atoms with E-state index in [1.54, 1.807) is 0 Å². The van der Waals surface area contributed by atoms with Crippen LogP contribution in [0.3, 0.4) is 0 Å². The number of hydrogen-bond acceptors (Lipinski definition) is 3. The van der Waals surface area contributed by atoms with Crippen LogP contribution in [-0.2, 0) is 9.53 Å². The minimum Gasteiger partial charge on any atom is -0.368 e. The first-order valence-electron chi connectivity index (χ1n) is 10.4. The van der Waals surface area contributed by atoms with Crippen molar-refractivity contribution in [3.63, 3.8) is 0 Å². The van der Waals surface area contributed by atoms with E-state index in [9.17, 15) is 13.6 Å². The molecule has 6 nitrogen and oxygen atoms in total. The number of halogens is 2. The van der Waals surface area contributed by atoms with Crippen LogP contribution in [0.25, 0.3) is 0 Å². The molecule has 3 rings (SSSR count). The first-order valence-corrected chi connectivity index (χ1v) is 10.4. The largest absolute Gasteiger partial charge is 0.368 e. The molecule has 29 heavy (non-hydrogen) atoms. The molecule has 1 N–H and O–H groups in total. The van der Waals surface area contributed by atoms with E-state index in [1.165, 1.54) is 12.1 Å². The van der Waals surface area contributed by atoms with E-state index >= 15 is 0 Å². The second-order valence-corrected chi connectivity index (χ2v) is 7.58. The van der Waals surface area contributed by atoms with Gasteiger partial charge in [0, 0.05) is 57.9 Å². The maximum Gasteiger partial charge on any atom is 0.251 e. The third kappa shape index (κ3) is 5.44. The predicted octanol–water partition coefficient (Wildman–Crippen LogP) is 2.36. The highest BCUT2D eigenvalue weighted by Gasteiger charge is 2.31. The summed E-state index contributed by atoms with van der Waals surface area (Å²) in [5.74, 6) is -0.452. The average molecular weight is 408 g/mol. The van der Waals surface area contributed by atoms with Crippen LogP contribution in [0, 0.1) is 11.6 Å². The van der Waals surface area contributed by atoms with Crippen molar-refractivity contribution in [1.82, 2.24) is 15.1 Å². The van der Waals surface area contributed by atoms with Crippen LogP contribution in [0.15, 0.2) is 23.2 Å². The van der Waals surface area contributed by atoms with Crippen molar-refractivity contribution in [2.45, 2.75) is 38.7 Å². The Labute approximate surface area is 170 Å². The lowest BCUT2D eigenvalue weighted by molar-refractivity contribution is -0.142. The van der Waals surface area contributed by atoms with Gasteiger partial charge < -0.3 is 19.9 Å². The van der Waals surface area contributed by atoms with Crippen molar-refractivity contribution in [1.29, 1.82) is 0 Å². The summed E-state index contributed by atoms with van der Waals surface area (Å²) < 4.78 is 32.7. The number of nitrogens with zero attached hydrogens (tertiary/aromatic N) is 3. The molecule has 8 heteroatoms. The molecule has 2 unspecified atom stereocenters. The van der Waals surface area contributed by atoms with E-state index in [1.807, 2.05) is 18.7 Å². The number of piperazine rings is 1. The number of aliphatic imine (C=N–C) groups is 1. The van der Waals surface area contributed by atoms with Crippen LogP contribution in [0.1, 0.15) is 38.2 Å². The molecule has 0 saturated carbocycles. The summed E-state index contributed by atoms with van der Waals surface area (Å²) in [6.07, 6.45) is 1.47. The Bertz CT molecular complexity index is 729. The molecule has 2 fully saturated rings. The summed E-state index contributed by atoms with van der Waals surface area (Å²) in [5, 5.41) is 3.28. The Morgan fingerprint density at radius 2 is 2.00 bits per heavy atom. The molecule has 2 heterocycles. The number of guanidine groups is 1. The summed E-state index contributed by atoms with van der Waals surface area (Å²) in [4.78, 5) is 21.2. The molecule has 1 aromatic carbocycles. The van der Waals surface area contributed by atoms with Gasteiger partial charge in [0.15, 0.2) is 5.96 Å². The number of rotatable bonds is 5. The molecule has 0 spiro atoms. The Morgan fingerprint density at radius 1 is 1.28 bits per heavy atom. The molecule has 2 atom stereocenters. The van der Waals surface area contributed by atoms with Crippen molar-refractivity contribution in [3.05, 3.63) is 35.4 Å². The van der Waals surface area contributed by atoms with E-state index in [4.69, 9.17) is 4.74 Å². The van der Waals surface area contributed by atoms with Gasteiger partial charge in [0.2, 0.25) is 0 Å². The lowest BCUT2D eigenvalue weighted by atomic mass is 10.0. The molecular weight excluding hydrogens is 378 g/mol. The summed E-state index contributed by atoms with van der Waals surface area (Å²) in [6.45, 7) is 8.27. The lowest BCUT2D eigenvalue weighted by Crippen LogP contribution is -2.55. The highest BCUT2D eigenvalue weighted by molar-refractivity contribution is 5.82. The Balaban J connectivity index is 1.58. The van der Waals surface area contributed by atoms with Gasteiger partial charge in [-0.3, -0.25) is 9.79 Å². The van der Waals surface area contributed by atoms with Gasteiger partial charge in [0.1, 0.15) is 17.7 Å². The number of ether oxygens (including phenoxy) is 1. The number of hydrogen-bond donors (Lipinski definition) is 1. The fraction of sp³-hybridized carbons (Fsp3) is 0.619. The van der Waals surface area contributed by atoms with Crippen molar-refractivity contribution in [2.24, 2.45) is 4.99 Å². The summed E-state index contributed by atoms with van der Waals surface area (Å²) in [7, 11) is 0. The number of carbonyl (C=O) groups is 1. The molecule has 2 aliphatic rings. The number of amides is 1. The molecule has 2 aliphatic heterocycles. The topological polar surface area (TPSA) is 57.2 Å². The SMILES string of the molecule is CCNC(=NCC(C)c1ccc(F)cc1F)N1CCN(C(=O)C2CCCO2)CC1. The van der Waals surface area contributed by atoms with Gasteiger partial charge in [-0.1, -0.05) is 13.0 Å². The second-order valence-electron chi connectivity index (χ2n) is 7.58. The zero-order valence-electron chi connectivity index (χ0n) is 17.2. The van der Waals surface area contributed by atoms with Crippen molar-refractivity contribution in [3.8, 4) is 0 Å². The zero-order chi connectivity index (χ0) is 20.8. The monoisotopic (exact) mass is 408 g/mol. The Hall–Kier alpha value is -2.22. The molecule has 160 valence electrons. The van der Waals surface area contributed by atoms with Crippen LogP contribution in [0.4, 0.5) is 8.78 Å². The van der Waals surface area contributed by atoms with Crippen molar-refractivity contribution >= 4 is 11.9 Å². The molecule has 0 aliphatic carbocycles. The standard InChI is InChI=1S/C21H30F2N4O2/c1-3-24-21(25-14-15(2)17-7-6-16(22)13-18(17)23)27-10-8-26(9-11-27)20(28)19-5-4-12-29-19/h6-7,13,15,19H,3-5,8-12,14H2,1-2H3,(H,24,25). The van der Waals surface area contributed by atoms with Gasteiger partial charge in [-0.05, 0) is 31.4 Å². The predicted molar refractivity (Wildman–Crippen MR) is 108 cm³/mol. The first kappa shape index (κ1) is 21.5. The van der Waals surface area contributed by atoms with Crippen LogP contribution in [-0.4, -0.2) is 73.6 Å². The maximum atomic E-state index is 14.0. The average Bonchev–Trinajstić information content (AvgIpc) is 3.25. The molecule has 2 saturated heterocycles. The van der Waals surface area contributed by atoms with E-state index in [2.05, 4.69) is 15.2 Å². The third-order valence-corrected chi connectivity index (χ3v) is 5.44. The lowest BCUT2D eigenvalue weighted by Gasteiger charge is -2.37.